The molecule has 1 saturated carbocycles. The number of aryl methyl sites for hydroxylation is 3. The van der Waals surface area contributed by atoms with Gasteiger partial charge in [-0.3, -0.25) is 14.7 Å². The Hall–Kier alpha value is -4.68. The fourth-order valence-corrected chi connectivity index (χ4v) is 5.45. The molecule has 1 aliphatic carbocycles. The van der Waals surface area contributed by atoms with Gasteiger partial charge in [-0.2, -0.15) is 5.10 Å². The number of H-pyrrole nitrogens is 1. The molecule has 2 atom stereocenters. The number of nitrogens with zero attached hydrogens (tertiary/aromatic N) is 4. The summed E-state index contributed by atoms with van der Waals surface area (Å²) in [6.45, 7) is 5.51. The Morgan fingerprint density at radius 1 is 1.10 bits per heavy atom. The lowest BCUT2D eigenvalue weighted by Gasteiger charge is -2.38. The second-order valence-electron chi connectivity index (χ2n) is 10.3. The van der Waals surface area contributed by atoms with Gasteiger partial charge in [-0.05, 0) is 57.0 Å². The van der Waals surface area contributed by atoms with E-state index >= 15 is 0 Å². The first-order chi connectivity index (χ1) is 19.2. The van der Waals surface area contributed by atoms with Gasteiger partial charge in [0.05, 0.1) is 12.3 Å². The molecule has 1 aliphatic heterocycles. The summed E-state index contributed by atoms with van der Waals surface area (Å²) in [4.78, 5) is 31.4. The molecule has 6 rings (SSSR count). The fraction of sp³-hybridized carbons (Fsp3) is 0.333. The number of carbonyl (C=O) groups is 2. The predicted molar refractivity (Wildman–Crippen MR) is 136 cm³/mol. The number of fused-ring (bicyclic) bond motifs is 1. The lowest BCUT2D eigenvalue weighted by atomic mass is 9.75. The Morgan fingerprint density at radius 3 is 2.50 bits per heavy atom. The molecule has 0 bridgehead atoms. The maximum atomic E-state index is 14.4. The Morgan fingerprint density at radius 2 is 1.88 bits per heavy atom. The monoisotopic (exact) mass is 549 g/mol. The minimum absolute atomic E-state index is 0.0893. The Balaban J connectivity index is 1.35. The second kappa shape index (κ2) is 9.50. The van der Waals surface area contributed by atoms with Crippen LogP contribution in [0.4, 0.5) is 14.6 Å². The van der Waals surface area contributed by atoms with Crippen LogP contribution in [0, 0.1) is 37.8 Å². The van der Waals surface area contributed by atoms with Gasteiger partial charge in [0.15, 0.2) is 17.3 Å². The van der Waals surface area contributed by atoms with Crippen molar-refractivity contribution >= 4 is 17.6 Å². The smallest absolute Gasteiger partial charge is 0.276 e. The van der Waals surface area contributed by atoms with E-state index in [0.717, 1.165) is 34.6 Å². The van der Waals surface area contributed by atoms with Crippen molar-refractivity contribution in [2.45, 2.75) is 45.6 Å². The van der Waals surface area contributed by atoms with Crippen LogP contribution in [0.15, 0.2) is 35.1 Å². The summed E-state index contributed by atoms with van der Waals surface area (Å²) >= 11 is 0. The van der Waals surface area contributed by atoms with Gasteiger partial charge in [0.1, 0.15) is 23.3 Å². The van der Waals surface area contributed by atoms with Gasteiger partial charge in [0.2, 0.25) is 5.91 Å². The number of benzene rings is 1. The topological polar surface area (TPSA) is 148 Å². The normalized spacial score (nSPS) is 17.6. The molecular formula is C27H25F2N7O4. The van der Waals surface area contributed by atoms with Gasteiger partial charge in [0.25, 0.3) is 5.91 Å². The van der Waals surface area contributed by atoms with Crippen LogP contribution in [0.2, 0.25) is 0 Å². The van der Waals surface area contributed by atoms with Gasteiger partial charge >= 0.3 is 0 Å². The third-order valence-electron chi connectivity index (χ3n) is 7.66. The average molecular weight is 550 g/mol. The molecule has 1 aromatic carbocycles. The molecule has 4 heterocycles. The first kappa shape index (κ1) is 25.6. The molecular weight excluding hydrogens is 524 g/mol. The highest BCUT2D eigenvalue weighted by Crippen LogP contribution is 2.61. The van der Waals surface area contributed by atoms with Gasteiger partial charge in [-0.25, -0.2) is 18.4 Å². The van der Waals surface area contributed by atoms with Crippen LogP contribution >= 0.6 is 0 Å². The standard InChI is InChI=1S/C27H25F2N7O4/c1-12-21(13(2)34-33-12)15-4-5-20(30-10-15)31-26(38)24(32-25(37)23-14(3)35-40-36-23)22-16-8-17(28)18(29)9-19(16)39-11-27(22)6-7-27/h4-5,8-10,22,24H,6-7,11H2,1-3H3,(H,32,37)(H,33,34)(H,30,31,38)/t22?,24-/m0/s1. The zero-order chi connectivity index (χ0) is 28.2. The number of hydrogen-bond donors (Lipinski definition) is 3. The molecule has 3 aromatic heterocycles. The summed E-state index contributed by atoms with van der Waals surface area (Å²) in [5.74, 6) is -3.77. The van der Waals surface area contributed by atoms with Crippen LogP contribution in [-0.2, 0) is 4.79 Å². The van der Waals surface area contributed by atoms with Gasteiger partial charge in [0, 0.05) is 46.0 Å². The quantitative estimate of drug-likeness (QED) is 0.329. The average Bonchev–Trinajstić information content (AvgIpc) is 3.43. The van der Waals surface area contributed by atoms with Crippen LogP contribution in [-0.4, -0.2) is 50.0 Å². The predicted octanol–water partition coefficient (Wildman–Crippen LogP) is 3.75. The third kappa shape index (κ3) is 4.36. The SMILES string of the molecule is Cc1nonc1C(=O)N[C@H](C(=O)Nc1ccc(-c2c(C)n[nH]c2C)cn1)C1c2cc(F)c(F)cc2OCC12CC2. The highest BCUT2D eigenvalue weighted by Gasteiger charge is 2.58. The third-order valence-corrected chi connectivity index (χ3v) is 7.66. The van der Waals surface area contributed by atoms with E-state index in [-0.39, 0.29) is 29.6 Å². The van der Waals surface area contributed by atoms with Gasteiger partial charge in [-0.1, -0.05) is 5.16 Å². The largest absolute Gasteiger partial charge is 0.493 e. The molecule has 11 nitrogen and oxygen atoms in total. The second-order valence-corrected chi connectivity index (χ2v) is 10.3. The summed E-state index contributed by atoms with van der Waals surface area (Å²) in [5.41, 5.74) is 3.32. The van der Waals surface area contributed by atoms with Gasteiger partial charge < -0.3 is 15.4 Å². The van der Waals surface area contributed by atoms with Crippen molar-refractivity contribution in [2.24, 2.45) is 5.41 Å². The highest BCUT2D eigenvalue weighted by atomic mass is 19.2. The van der Waals surface area contributed by atoms with Crippen LogP contribution in [0.5, 0.6) is 5.75 Å². The number of aromatic nitrogens is 5. The molecule has 3 N–H and O–H groups in total. The van der Waals surface area contributed by atoms with E-state index in [1.165, 1.54) is 0 Å². The van der Waals surface area contributed by atoms with E-state index in [0.29, 0.717) is 18.4 Å². The zero-order valence-corrected chi connectivity index (χ0v) is 21.8. The van der Waals surface area contributed by atoms with Crippen molar-refractivity contribution in [1.29, 1.82) is 0 Å². The highest BCUT2D eigenvalue weighted by molar-refractivity contribution is 6.01. The number of halogens is 2. The summed E-state index contributed by atoms with van der Waals surface area (Å²) in [6, 6.07) is 4.24. The van der Waals surface area contributed by atoms with E-state index < -0.39 is 40.8 Å². The molecule has 0 saturated heterocycles. The maximum absolute atomic E-state index is 14.4. The minimum atomic E-state index is -1.21. The van der Waals surface area contributed by atoms with E-state index in [1.54, 1.807) is 25.3 Å². The molecule has 1 fully saturated rings. The molecule has 206 valence electrons. The molecule has 2 amide bonds. The molecule has 1 unspecified atom stereocenters. The number of anilines is 1. The van der Waals surface area contributed by atoms with Crippen molar-refractivity contribution in [3.05, 3.63) is 70.4 Å². The Kier molecular flexibility index (Phi) is 6.08. The minimum Gasteiger partial charge on any atom is -0.493 e. The maximum Gasteiger partial charge on any atom is 0.276 e. The molecule has 40 heavy (non-hydrogen) atoms. The lowest BCUT2D eigenvalue weighted by molar-refractivity contribution is -0.119. The number of aromatic amines is 1. The zero-order valence-electron chi connectivity index (χ0n) is 21.8. The molecule has 2 aliphatic rings. The molecule has 1 spiro atoms. The lowest BCUT2D eigenvalue weighted by Crippen LogP contribution is -2.52. The number of ether oxygens (including phenoxy) is 1. The summed E-state index contributed by atoms with van der Waals surface area (Å²) in [6.07, 6.45) is 2.97. The number of pyridine rings is 1. The van der Waals surface area contributed by atoms with Crippen LogP contribution in [0.25, 0.3) is 11.1 Å². The number of nitrogens with one attached hydrogen (secondary N) is 3. The van der Waals surface area contributed by atoms with Crippen LogP contribution < -0.4 is 15.4 Å². The van der Waals surface area contributed by atoms with Gasteiger partial charge in [-0.15, -0.1) is 0 Å². The van der Waals surface area contributed by atoms with Crippen molar-refractivity contribution in [1.82, 2.24) is 30.8 Å². The molecule has 4 aromatic rings. The summed E-state index contributed by atoms with van der Waals surface area (Å²) < 4.78 is 38.9. The van der Waals surface area contributed by atoms with Crippen molar-refractivity contribution in [3.8, 4) is 16.9 Å². The first-order valence-electron chi connectivity index (χ1n) is 12.7. The Labute approximate surface area is 226 Å². The first-order valence-corrected chi connectivity index (χ1v) is 12.7. The Bertz CT molecular complexity index is 1610. The number of rotatable bonds is 6. The number of hydrogen-bond acceptors (Lipinski definition) is 8. The van der Waals surface area contributed by atoms with E-state index in [9.17, 15) is 18.4 Å². The van der Waals surface area contributed by atoms with Crippen molar-refractivity contribution in [3.63, 3.8) is 0 Å². The van der Waals surface area contributed by atoms with Crippen molar-refractivity contribution in [2.75, 3.05) is 11.9 Å². The fourth-order valence-electron chi connectivity index (χ4n) is 5.45. The van der Waals surface area contributed by atoms with E-state index in [4.69, 9.17) is 4.74 Å². The molecule has 13 heteroatoms. The van der Waals surface area contributed by atoms with Crippen molar-refractivity contribution < 1.29 is 27.7 Å². The molecule has 0 radical (unpaired) electrons. The van der Waals surface area contributed by atoms with E-state index in [2.05, 4.69) is 40.8 Å². The number of carbonyl (C=O) groups excluding carboxylic acids is 2. The van der Waals surface area contributed by atoms with E-state index in [1.807, 2.05) is 13.8 Å². The summed E-state index contributed by atoms with van der Waals surface area (Å²) in [7, 11) is 0. The van der Waals surface area contributed by atoms with Crippen LogP contribution in [0.1, 0.15) is 51.9 Å². The van der Waals surface area contributed by atoms with Crippen LogP contribution in [0.3, 0.4) is 0 Å². The number of amides is 2. The summed E-state index contributed by atoms with van der Waals surface area (Å²) in [5, 5.41) is 19.9.